The van der Waals surface area contributed by atoms with Crippen LogP contribution in [0.25, 0.3) is 0 Å². The summed E-state index contributed by atoms with van der Waals surface area (Å²) in [6.07, 6.45) is -0.702. The molecule has 1 N–H and O–H groups in total. The van der Waals surface area contributed by atoms with Gasteiger partial charge >= 0.3 is 5.97 Å². The average Bonchev–Trinajstić information content (AvgIpc) is 3.10. The number of aromatic nitrogens is 2. The first-order valence-electron chi connectivity index (χ1n) is 8.87. The van der Waals surface area contributed by atoms with E-state index in [-0.39, 0.29) is 16.3 Å². The molecule has 0 amide bonds. The summed E-state index contributed by atoms with van der Waals surface area (Å²) >= 11 is 0. The zero-order chi connectivity index (χ0) is 21.2. The van der Waals surface area contributed by atoms with Gasteiger partial charge in [0.05, 0.1) is 10.5 Å². The first-order chi connectivity index (χ1) is 13.7. The molecule has 1 unspecified atom stereocenters. The van der Waals surface area contributed by atoms with Crippen molar-refractivity contribution in [1.29, 1.82) is 0 Å². The lowest BCUT2D eigenvalue weighted by atomic mass is 10.1. The van der Waals surface area contributed by atoms with Crippen molar-refractivity contribution in [2.75, 3.05) is 4.72 Å². The van der Waals surface area contributed by atoms with Crippen LogP contribution in [0.5, 0.6) is 0 Å². The highest BCUT2D eigenvalue weighted by Crippen LogP contribution is 2.21. The average molecular weight is 415 g/mol. The highest BCUT2D eigenvalue weighted by atomic mass is 32.2. The number of esters is 1. The number of anilines is 1. The number of carbonyl (C=O) groups is 1. The fourth-order valence-corrected chi connectivity index (χ4v) is 3.67. The molecular weight excluding hydrogens is 394 g/mol. The van der Waals surface area contributed by atoms with Crippen LogP contribution in [-0.2, 0) is 14.8 Å². The van der Waals surface area contributed by atoms with E-state index in [0.717, 1.165) is 11.1 Å². The van der Waals surface area contributed by atoms with Crippen molar-refractivity contribution in [2.45, 2.75) is 38.7 Å². The number of aryl methyl sites for hydroxylation is 3. The lowest BCUT2D eigenvalue weighted by Crippen LogP contribution is -2.14. The van der Waals surface area contributed by atoms with Crippen LogP contribution in [0.15, 0.2) is 51.9 Å². The first kappa shape index (κ1) is 20.5. The Morgan fingerprint density at radius 2 is 1.76 bits per heavy atom. The van der Waals surface area contributed by atoms with Gasteiger partial charge < -0.3 is 9.26 Å². The SMILES string of the molecule is Cc1noc(C(C)OC(=O)c2ccc(NS(=O)(=O)c3ccc(C)c(C)c3)cc2)n1. The molecule has 1 aromatic heterocycles. The molecule has 0 saturated carbocycles. The molecule has 0 radical (unpaired) electrons. The van der Waals surface area contributed by atoms with Gasteiger partial charge in [0.2, 0.25) is 0 Å². The van der Waals surface area contributed by atoms with Gasteiger partial charge in [-0.05, 0) is 75.2 Å². The monoisotopic (exact) mass is 415 g/mol. The Labute approximate surface area is 169 Å². The van der Waals surface area contributed by atoms with Crippen molar-refractivity contribution in [1.82, 2.24) is 10.1 Å². The van der Waals surface area contributed by atoms with E-state index in [1.807, 2.05) is 13.8 Å². The minimum absolute atomic E-state index is 0.174. The fourth-order valence-electron chi connectivity index (χ4n) is 2.53. The van der Waals surface area contributed by atoms with E-state index in [0.29, 0.717) is 11.5 Å². The molecule has 0 spiro atoms. The normalized spacial score (nSPS) is 12.4. The van der Waals surface area contributed by atoms with Crippen molar-refractivity contribution in [3.63, 3.8) is 0 Å². The molecule has 1 atom stereocenters. The zero-order valence-corrected chi connectivity index (χ0v) is 17.3. The largest absolute Gasteiger partial charge is 0.449 e. The van der Waals surface area contributed by atoms with E-state index < -0.39 is 22.1 Å². The maximum absolute atomic E-state index is 12.6. The van der Waals surface area contributed by atoms with Gasteiger partial charge in [-0.1, -0.05) is 11.2 Å². The molecule has 1 heterocycles. The second kappa shape index (κ2) is 8.04. The van der Waals surface area contributed by atoms with E-state index in [1.54, 1.807) is 32.0 Å². The van der Waals surface area contributed by atoms with Crippen LogP contribution in [0, 0.1) is 20.8 Å². The summed E-state index contributed by atoms with van der Waals surface area (Å²) in [5.74, 6) is 0.0637. The molecule has 0 aliphatic rings. The third-order valence-electron chi connectivity index (χ3n) is 4.34. The molecule has 8 nitrogen and oxygen atoms in total. The molecule has 2 aromatic carbocycles. The summed E-state index contributed by atoms with van der Waals surface area (Å²) in [5.41, 5.74) is 2.50. The van der Waals surface area contributed by atoms with Crippen molar-refractivity contribution in [3.05, 3.63) is 70.9 Å². The van der Waals surface area contributed by atoms with Crippen molar-refractivity contribution >= 4 is 21.7 Å². The third kappa shape index (κ3) is 4.80. The van der Waals surface area contributed by atoms with Crippen LogP contribution in [0.3, 0.4) is 0 Å². The second-order valence-electron chi connectivity index (χ2n) is 6.66. The highest BCUT2D eigenvalue weighted by Gasteiger charge is 2.19. The summed E-state index contributed by atoms with van der Waals surface area (Å²) in [6.45, 7) is 7.05. The van der Waals surface area contributed by atoms with Crippen LogP contribution in [0.2, 0.25) is 0 Å². The zero-order valence-electron chi connectivity index (χ0n) is 16.5. The van der Waals surface area contributed by atoms with Crippen molar-refractivity contribution in [2.24, 2.45) is 0 Å². The van der Waals surface area contributed by atoms with Crippen LogP contribution in [0.4, 0.5) is 5.69 Å². The van der Waals surface area contributed by atoms with Crippen molar-refractivity contribution < 1.29 is 22.5 Å². The fraction of sp³-hybridized carbons (Fsp3) is 0.250. The quantitative estimate of drug-likeness (QED) is 0.611. The van der Waals surface area contributed by atoms with E-state index in [2.05, 4.69) is 14.9 Å². The molecule has 0 aliphatic heterocycles. The lowest BCUT2D eigenvalue weighted by molar-refractivity contribution is 0.0265. The smallest absolute Gasteiger partial charge is 0.338 e. The van der Waals surface area contributed by atoms with E-state index in [9.17, 15) is 13.2 Å². The molecule has 29 heavy (non-hydrogen) atoms. The minimum Gasteiger partial charge on any atom is -0.449 e. The van der Waals surface area contributed by atoms with Gasteiger partial charge in [-0.2, -0.15) is 4.98 Å². The van der Waals surface area contributed by atoms with Crippen LogP contribution < -0.4 is 4.72 Å². The summed E-state index contributed by atoms with van der Waals surface area (Å²) in [6, 6.07) is 10.9. The first-order valence-corrected chi connectivity index (χ1v) is 10.4. The van der Waals surface area contributed by atoms with Gasteiger partial charge in [-0.15, -0.1) is 0 Å². The summed E-state index contributed by atoms with van der Waals surface area (Å²) < 4.78 is 37.9. The van der Waals surface area contributed by atoms with Gasteiger partial charge in [0.25, 0.3) is 15.9 Å². The van der Waals surface area contributed by atoms with Crippen LogP contribution in [-0.4, -0.2) is 24.5 Å². The summed E-state index contributed by atoms with van der Waals surface area (Å²) in [5, 5.41) is 3.66. The Morgan fingerprint density at radius 3 is 2.34 bits per heavy atom. The lowest BCUT2D eigenvalue weighted by Gasteiger charge is -2.11. The number of benzene rings is 2. The number of hydrogen-bond acceptors (Lipinski definition) is 7. The highest BCUT2D eigenvalue weighted by molar-refractivity contribution is 7.92. The maximum atomic E-state index is 12.6. The Balaban J connectivity index is 1.69. The van der Waals surface area contributed by atoms with Crippen molar-refractivity contribution in [3.8, 4) is 0 Å². The summed E-state index contributed by atoms with van der Waals surface area (Å²) in [7, 11) is -3.73. The number of nitrogens with one attached hydrogen (secondary N) is 1. The molecular formula is C20H21N3O5S. The van der Waals surface area contributed by atoms with Crippen LogP contribution in [0.1, 0.15) is 46.2 Å². The number of ether oxygens (including phenoxy) is 1. The Kier molecular flexibility index (Phi) is 5.69. The molecule has 0 bridgehead atoms. The van der Waals surface area contributed by atoms with Gasteiger partial charge in [-0.3, -0.25) is 4.72 Å². The number of hydrogen-bond donors (Lipinski definition) is 1. The summed E-state index contributed by atoms with van der Waals surface area (Å²) in [4.78, 5) is 16.5. The van der Waals surface area contributed by atoms with Gasteiger partial charge in [0, 0.05) is 5.69 Å². The minimum atomic E-state index is -3.73. The van der Waals surface area contributed by atoms with Crippen LogP contribution >= 0.6 is 0 Å². The molecule has 0 fully saturated rings. The number of sulfonamides is 1. The van der Waals surface area contributed by atoms with Gasteiger partial charge in [0.1, 0.15) is 0 Å². The second-order valence-corrected chi connectivity index (χ2v) is 8.34. The predicted molar refractivity (Wildman–Crippen MR) is 106 cm³/mol. The Hall–Kier alpha value is -3.20. The molecule has 3 rings (SSSR count). The molecule has 0 saturated heterocycles. The Bertz CT molecular complexity index is 1140. The van der Waals surface area contributed by atoms with Gasteiger partial charge in [-0.25, -0.2) is 13.2 Å². The van der Waals surface area contributed by atoms with Gasteiger partial charge in [0.15, 0.2) is 11.9 Å². The topological polar surface area (TPSA) is 111 Å². The van der Waals surface area contributed by atoms with E-state index >= 15 is 0 Å². The predicted octanol–water partition coefficient (Wildman–Crippen LogP) is 3.71. The number of nitrogens with zero attached hydrogens (tertiary/aromatic N) is 2. The van der Waals surface area contributed by atoms with E-state index in [1.165, 1.54) is 24.3 Å². The van der Waals surface area contributed by atoms with E-state index in [4.69, 9.17) is 9.26 Å². The number of carbonyl (C=O) groups excluding carboxylic acids is 1. The third-order valence-corrected chi connectivity index (χ3v) is 5.72. The Morgan fingerprint density at radius 1 is 1.07 bits per heavy atom. The standard InChI is InChI=1S/C20H21N3O5S/c1-12-5-10-18(11-13(12)2)29(25,26)23-17-8-6-16(7-9-17)20(24)27-14(3)19-21-15(4)22-28-19/h5-11,14,23H,1-4H3. The molecule has 0 aliphatic carbocycles. The molecule has 9 heteroatoms. The maximum Gasteiger partial charge on any atom is 0.338 e. The molecule has 3 aromatic rings. The number of rotatable bonds is 6. The molecule has 152 valence electrons.